The molecule has 22 heavy (non-hydrogen) atoms. The highest BCUT2D eigenvalue weighted by molar-refractivity contribution is 7.98. The summed E-state index contributed by atoms with van der Waals surface area (Å²) in [4.78, 5) is 16.0. The Hall–Kier alpha value is -1.00. The van der Waals surface area contributed by atoms with Crippen LogP contribution in [0, 0.1) is 5.92 Å². The zero-order valence-electron chi connectivity index (χ0n) is 14.2. The number of rotatable bonds is 5. The van der Waals surface area contributed by atoms with Gasteiger partial charge < -0.3 is 10.2 Å². The van der Waals surface area contributed by atoms with Crippen molar-refractivity contribution >= 4 is 17.7 Å². The van der Waals surface area contributed by atoms with Gasteiger partial charge in [0.25, 0.3) is 0 Å². The van der Waals surface area contributed by atoms with E-state index >= 15 is 0 Å². The number of amides is 1. The van der Waals surface area contributed by atoms with Crippen molar-refractivity contribution in [1.29, 1.82) is 0 Å². The lowest BCUT2D eigenvalue weighted by Crippen LogP contribution is -2.43. The van der Waals surface area contributed by atoms with Crippen LogP contribution in [0.15, 0.2) is 29.2 Å². The summed E-state index contributed by atoms with van der Waals surface area (Å²) in [6, 6.07) is 8.31. The first-order valence-electron chi connectivity index (χ1n) is 8.05. The largest absolute Gasteiger partial charge is 0.347 e. The molecule has 0 saturated carbocycles. The number of likely N-dealkylation sites (tertiary alicyclic amines) is 1. The molecule has 0 aromatic heterocycles. The molecule has 0 bridgehead atoms. The van der Waals surface area contributed by atoms with Gasteiger partial charge in [-0.05, 0) is 64.1 Å². The third-order valence-electron chi connectivity index (χ3n) is 4.43. The maximum absolute atomic E-state index is 12.5. The molecule has 0 unspecified atom stereocenters. The molecule has 1 saturated heterocycles. The monoisotopic (exact) mass is 320 g/mol. The van der Waals surface area contributed by atoms with Crippen LogP contribution in [0.4, 0.5) is 0 Å². The molecular weight excluding hydrogens is 292 g/mol. The molecule has 0 spiro atoms. The second kappa shape index (κ2) is 7.51. The molecular formula is C18H28N2OS. The molecule has 1 fully saturated rings. The molecule has 1 aliphatic heterocycles. The Kier molecular flexibility index (Phi) is 5.93. The summed E-state index contributed by atoms with van der Waals surface area (Å²) in [5.74, 6) is 0.659. The van der Waals surface area contributed by atoms with Gasteiger partial charge in [-0.1, -0.05) is 18.2 Å². The first-order valence-corrected chi connectivity index (χ1v) is 9.28. The van der Waals surface area contributed by atoms with Gasteiger partial charge in [0.05, 0.1) is 5.54 Å². The zero-order chi connectivity index (χ0) is 16.2. The maximum Gasteiger partial charge on any atom is 0.220 e. The molecule has 0 aliphatic carbocycles. The van der Waals surface area contributed by atoms with Crippen molar-refractivity contribution in [3.8, 4) is 0 Å². The first kappa shape index (κ1) is 17.4. The van der Waals surface area contributed by atoms with Crippen molar-refractivity contribution in [2.45, 2.75) is 43.5 Å². The minimum Gasteiger partial charge on any atom is -0.347 e. The summed E-state index contributed by atoms with van der Waals surface area (Å²) in [6.07, 6.45) is 5.08. The highest BCUT2D eigenvalue weighted by Gasteiger charge is 2.27. The summed E-state index contributed by atoms with van der Waals surface area (Å²) in [5.41, 5.74) is 0.855. The zero-order valence-corrected chi connectivity index (χ0v) is 15.0. The topological polar surface area (TPSA) is 32.3 Å². The van der Waals surface area contributed by atoms with Crippen molar-refractivity contribution in [1.82, 2.24) is 10.2 Å². The highest BCUT2D eigenvalue weighted by atomic mass is 32.2. The summed E-state index contributed by atoms with van der Waals surface area (Å²) in [6.45, 7) is 6.37. The third kappa shape index (κ3) is 4.50. The number of thioether (sulfide) groups is 1. The van der Waals surface area contributed by atoms with Crippen molar-refractivity contribution in [2.24, 2.45) is 5.92 Å². The molecule has 0 radical (unpaired) electrons. The summed E-state index contributed by atoms with van der Waals surface area (Å²) in [5, 5.41) is 3.24. The SMILES string of the molecule is CSc1ccccc1C(C)(C)NC(=O)C[C@@H]1CCCN(C)C1. The second-order valence-corrected chi connectivity index (χ2v) is 7.70. The van der Waals surface area contributed by atoms with Crippen molar-refractivity contribution < 1.29 is 4.79 Å². The minimum atomic E-state index is -0.336. The Balaban J connectivity index is 2.00. The predicted molar refractivity (Wildman–Crippen MR) is 94.2 cm³/mol. The van der Waals surface area contributed by atoms with Crippen LogP contribution in [0.1, 0.15) is 38.7 Å². The second-order valence-electron chi connectivity index (χ2n) is 6.85. The summed E-state index contributed by atoms with van der Waals surface area (Å²) < 4.78 is 0. The van der Waals surface area contributed by atoms with E-state index in [-0.39, 0.29) is 11.4 Å². The lowest BCUT2D eigenvalue weighted by molar-refractivity contribution is -0.124. The molecule has 1 atom stereocenters. The van der Waals surface area contributed by atoms with Gasteiger partial charge in [-0.3, -0.25) is 4.79 Å². The van der Waals surface area contributed by atoms with E-state index in [2.05, 4.69) is 49.5 Å². The van der Waals surface area contributed by atoms with Gasteiger partial charge in [0, 0.05) is 17.9 Å². The van der Waals surface area contributed by atoms with E-state index in [1.54, 1.807) is 11.8 Å². The minimum absolute atomic E-state index is 0.168. The van der Waals surface area contributed by atoms with Crippen LogP contribution in [-0.2, 0) is 10.3 Å². The van der Waals surface area contributed by atoms with E-state index in [4.69, 9.17) is 0 Å². The Morgan fingerprint density at radius 3 is 2.82 bits per heavy atom. The molecule has 1 aliphatic rings. The number of piperidine rings is 1. The Labute approximate surface area is 138 Å². The van der Waals surface area contributed by atoms with Crippen molar-refractivity contribution in [3.63, 3.8) is 0 Å². The lowest BCUT2D eigenvalue weighted by Gasteiger charge is -2.32. The van der Waals surface area contributed by atoms with E-state index in [0.29, 0.717) is 12.3 Å². The fourth-order valence-corrected chi connectivity index (χ4v) is 4.09. The third-order valence-corrected chi connectivity index (χ3v) is 5.22. The fourth-order valence-electron chi connectivity index (χ4n) is 3.33. The Bertz CT molecular complexity index is 516. The molecule has 1 aromatic carbocycles. The average Bonchev–Trinajstić information content (AvgIpc) is 2.46. The van der Waals surface area contributed by atoms with Gasteiger partial charge in [-0.25, -0.2) is 0 Å². The number of hydrogen-bond acceptors (Lipinski definition) is 3. The van der Waals surface area contributed by atoms with Crippen LogP contribution in [0.2, 0.25) is 0 Å². The van der Waals surface area contributed by atoms with Crippen LogP contribution >= 0.6 is 11.8 Å². The summed E-state index contributed by atoms with van der Waals surface area (Å²) >= 11 is 1.73. The van der Waals surface area contributed by atoms with Crippen molar-refractivity contribution in [3.05, 3.63) is 29.8 Å². The normalized spacial score (nSPS) is 19.9. The molecule has 1 amide bonds. The average molecular weight is 321 g/mol. The van der Waals surface area contributed by atoms with Crippen molar-refractivity contribution in [2.75, 3.05) is 26.4 Å². The maximum atomic E-state index is 12.5. The van der Waals surface area contributed by atoms with Crippen LogP contribution in [0.25, 0.3) is 0 Å². The molecule has 2 rings (SSSR count). The first-order chi connectivity index (χ1) is 10.4. The smallest absolute Gasteiger partial charge is 0.220 e. The predicted octanol–water partition coefficient (Wildman–Crippen LogP) is 3.49. The standard InChI is InChI=1S/C18H28N2OS/c1-18(2,15-9-5-6-10-16(15)22-4)19-17(21)12-14-8-7-11-20(3)13-14/h5-6,9-10,14H,7-8,11-13H2,1-4H3,(H,19,21)/t14-/m0/s1. The van der Waals surface area contributed by atoms with E-state index in [1.165, 1.54) is 23.3 Å². The number of nitrogens with one attached hydrogen (secondary N) is 1. The molecule has 1 aromatic rings. The number of benzene rings is 1. The molecule has 122 valence electrons. The molecule has 3 nitrogen and oxygen atoms in total. The summed E-state index contributed by atoms with van der Waals surface area (Å²) in [7, 11) is 2.14. The van der Waals surface area contributed by atoms with Gasteiger partial charge in [0.2, 0.25) is 5.91 Å². The molecule has 1 heterocycles. The molecule has 1 N–H and O–H groups in total. The van der Waals surface area contributed by atoms with Gasteiger partial charge >= 0.3 is 0 Å². The number of carbonyl (C=O) groups is 1. The lowest BCUT2D eigenvalue weighted by atomic mass is 9.91. The van der Waals surface area contributed by atoms with Crippen LogP contribution in [0.5, 0.6) is 0 Å². The van der Waals surface area contributed by atoms with E-state index < -0.39 is 0 Å². The number of carbonyl (C=O) groups excluding carboxylic acids is 1. The van der Waals surface area contributed by atoms with E-state index in [1.807, 2.05) is 12.1 Å². The fraction of sp³-hybridized carbons (Fsp3) is 0.611. The molecule has 4 heteroatoms. The van der Waals surface area contributed by atoms with Crippen LogP contribution in [0.3, 0.4) is 0 Å². The van der Waals surface area contributed by atoms with Gasteiger partial charge in [0.1, 0.15) is 0 Å². The van der Waals surface area contributed by atoms with Gasteiger partial charge in [-0.15, -0.1) is 11.8 Å². The van der Waals surface area contributed by atoms with Gasteiger partial charge in [-0.2, -0.15) is 0 Å². The number of hydrogen-bond donors (Lipinski definition) is 1. The quantitative estimate of drug-likeness (QED) is 0.843. The number of nitrogens with zero attached hydrogens (tertiary/aromatic N) is 1. The van der Waals surface area contributed by atoms with E-state index in [0.717, 1.165) is 13.1 Å². The van der Waals surface area contributed by atoms with Crippen LogP contribution < -0.4 is 5.32 Å². The Morgan fingerprint density at radius 2 is 2.14 bits per heavy atom. The van der Waals surface area contributed by atoms with E-state index in [9.17, 15) is 4.79 Å². The Morgan fingerprint density at radius 1 is 1.41 bits per heavy atom. The van der Waals surface area contributed by atoms with Crippen LogP contribution in [-0.4, -0.2) is 37.2 Å². The van der Waals surface area contributed by atoms with Gasteiger partial charge in [0.15, 0.2) is 0 Å². The highest BCUT2D eigenvalue weighted by Crippen LogP contribution is 2.30.